The molecule has 0 aliphatic carbocycles. The van der Waals surface area contributed by atoms with Gasteiger partial charge in [-0.2, -0.15) is 0 Å². The van der Waals surface area contributed by atoms with Crippen LogP contribution in [0.25, 0.3) is 6.08 Å². The maximum Gasteiger partial charge on any atom is 0.335 e. The van der Waals surface area contributed by atoms with Gasteiger partial charge in [0.25, 0.3) is 5.91 Å². The second-order valence-corrected chi connectivity index (χ2v) is 6.59. The number of nitrogens with zero attached hydrogens (tertiary/aromatic N) is 2. The molecule has 0 spiro atoms. The zero-order valence-electron chi connectivity index (χ0n) is 12.1. The quantitative estimate of drug-likeness (QED) is 0.685. The van der Waals surface area contributed by atoms with Gasteiger partial charge in [-0.25, -0.2) is 4.79 Å². The molecule has 0 radical (unpaired) electrons. The fourth-order valence-electron chi connectivity index (χ4n) is 2.20. The number of hydrogen-bond acceptors (Lipinski definition) is 4. The first-order chi connectivity index (χ1) is 11.0. The number of carboxylic acids is 1. The number of thioether (sulfide) groups is 1. The summed E-state index contributed by atoms with van der Waals surface area (Å²) in [4.78, 5) is 25.5. The number of carbonyl (C=O) groups is 2. The summed E-state index contributed by atoms with van der Waals surface area (Å²) in [5.41, 5.74) is 1.64. The van der Waals surface area contributed by atoms with Gasteiger partial charge in [-0.15, -0.1) is 0 Å². The van der Waals surface area contributed by atoms with Crippen LogP contribution in [0.15, 0.2) is 47.5 Å². The molecular formula is C16H12N2O3S2. The predicted molar refractivity (Wildman–Crippen MR) is 94.5 cm³/mol. The van der Waals surface area contributed by atoms with Crippen LogP contribution in [0.5, 0.6) is 0 Å². The molecule has 1 amide bonds. The SMILES string of the molecule is Cn1cccc1/C=C1\SC(=S)N(c2ccc(C(=O)O)cc2)C1=O. The van der Waals surface area contributed by atoms with Gasteiger partial charge in [0.05, 0.1) is 16.2 Å². The molecule has 2 aromatic rings. The van der Waals surface area contributed by atoms with Crippen LogP contribution in [0.2, 0.25) is 0 Å². The molecule has 5 nitrogen and oxygen atoms in total. The Morgan fingerprint density at radius 2 is 1.96 bits per heavy atom. The van der Waals surface area contributed by atoms with Crippen LogP contribution < -0.4 is 4.90 Å². The predicted octanol–water partition coefficient (Wildman–Crippen LogP) is 3.13. The summed E-state index contributed by atoms with van der Waals surface area (Å²) in [6.07, 6.45) is 3.70. The van der Waals surface area contributed by atoms with Gasteiger partial charge < -0.3 is 9.67 Å². The topological polar surface area (TPSA) is 62.5 Å². The van der Waals surface area contributed by atoms with E-state index < -0.39 is 5.97 Å². The third-order valence-electron chi connectivity index (χ3n) is 3.43. The van der Waals surface area contributed by atoms with Crippen molar-refractivity contribution in [3.05, 3.63) is 58.8 Å². The van der Waals surface area contributed by atoms with Gasteiger partial charge in [-0.1, -0.05) is 24.0 Å². The highest BCUT2D eigenvalue weighted by molar-refractivity contribution is 8.27. The van der Waals surface area contributed by atoms with Crippen molar-refractivity contribution in [3.63, 3.8) is 0 Å². The summed E-state index contributed by atoms with van der Waals surface area (Å²) in [5, 5.41) is 8.93. The van der Waals surface area contributed by atoms with Crippen LogP contribution in [0.4, 0.5) is 5.69 Å². The van der Waals surface area contributed by atoms with Gasteiger partial charge in [0, 0.05) is 18.9 Å². The monoisotopic (exact) mass is 344 g/mol. The molecule has 116 valence electrons. The second kappa shape index (κ2) is 6.02. The van der Waals surface area contributed by atoms with Gasteiger partial charge >= 0.3 is 5.97 Å². The molecule has 1 fully saturated rings. The van der Waals surface area contributed by atoms with E-state index in [9.17, 15) is 9.59 Å². The molecule has 23 heavy (non-hydrogen) atoms. The lowest BCUT2D eigenvalue weighted by Crippen LogP contribution is -2.27. The third kappa shape index (κ3) is 2.93. The summed E-state index contributed by atoms with van der Waals surface area (Å²) >= 11 is 6.53. The Morgan fingerprint density at radius 3 is 2.52 bits per heavy atom. The van der Waals surface area contributed by atoms with Gasteiger partial charge in [0.1, 0.15) is 0 Å². The number of amides is 1. The molecule has 1 saturated heterocycles. The van der Waals surface area contributed by atoms with Crippen LogP contribution in [-0.4, -0.2) is 25.9 Å². The molecule has 1 aliphatic rings. The van der Waals surface area contributed by atoms with E-state index in [0.717, 1.165) is 5.69 Å². The number of carboxylic acid groups (broad SMARTS) is 1. The van der Waals surface area contributed by atoms with E-state index in [2.05, 4.69) is 0 Å². The minimum Gasteiger partial charge on any atom is -0.478 e. The molecule has 0 unspecified atom stereocenters. The van der Waals surface area contributed by atoms with Gasteiger partial charge in [0.2, 0.25) is 0 Å². The number of aryl methyl sites for hydroxylation is 1. The molecule has 1 aliphatic heterocycles. The van der Waals surface area contributed by atoms with E-state index in [1.165, 1.54) is 28.8 Å². The number of rotatable bonds is 3. The minimum absolute atomic E-state index is 0.165. The van der Waals surface area contributed by atoms with Gasteiger partial charge in [-0.3, -0.25) is 9.69 Å². The van der Waals surface area contributed by atoms with Crippen LogP contribution in [0, 0.1) is 0 Å². The van der Waals surface area contributed by atoms with E-state index in [-0.39, 0.29) is 11.5 Å². The number of thiocarbonyl (C=S) groups is 1. The Kier molecular flexibility index (Phi) is 4.06. The zero-order chi connectivity index (χ0) is 16.6. The fraction of sp³-hybridized carbons (Fsp3) is 0.0625. The first kappa shape index (κ1) is 15.5. The lowest BCUT2D eigenvalue weighted by Gasteiger charge is -2.14. The lowest BCUT2D eigenvalue weighted by molar-refractivity contribution is -0.113. The molecule has 0 bridgehead atoms. The average molecular weight is 344 g/mol. The Hall–Kier alpha value is -2.38. The van der Waals surface area contributed by atoms with Crippen molar-refractivity contribution in [2.24, 2.45) is 7.05 Å². The number of anilines is 1. The second-order valence-electron chi connectivity index (χ2n) is 4.91. The maximum absolute atomic E-state index is 12.6. The average Bonchev–Trinajstić information content (AvgIpc) is 3.04. The van der Waals surface area contributed by atoms with Crippen molar-refractivity contribution >= 4 is 51.9 Å². The van der Waals surface area contributed by atoms with E-state index in [1.807, 2.05) is 29.9 Å². The van der Waals surface area contributed by atoms with E-state index >= 15 is 0 Å². The highest BCUT2D eigenvalue weighted by Crippen LogP contribution is 2.36. The molecule has 3 rings (SSSR count). The van der Waals surface area contributed by atoms with Crippen molar-refractivity contribution in [1.82, 2.24) is 4.57 Å². The Labute approximate surface area is 142 Å². The normalized spacial score (nSPS) is 16.4. The molecule has 1 aromatic carbocycles. The number of benzene rings is 1. The van der Waals surface area contributed by atoms with Crippen molar-refractivity contribution in [2.75, 3.05) is 4.90 Å². The summed E-state index contributed by atoms with van der Waals surface area (Å²) in [5.74, 6) is -1.21. The van der Waals surface area contributed by atoms with Crippen LogP contribution in [-0.2, 0) is 11.8 Å². The Balaban J connectivity index is 1.91. The first-order valence-corrected chi connectivity index (χ1v) is 7.92. The number of aromatic nitrogens is 1. The van der Waals surface area contributed by atoms with Crippen LogP contribution in [0.1, 0.15) is 16.1 Å². The van der Waals surface area contributed by atoms with E-state index in [0.29, 0.717) is 14.9 Å². The molecule has 0 saturated carbocycles. The van der Waals surface area contributed by atoms with E-state index in [1.54, 1.807) is 18.2 Å². The summed E-state index contributed by atoms with van der Waals surface area (Å²) in [6, 6.07) is 9.89. The molecule has 2 heterocycles. The highest BCUT2D eigenvalue weighted by Gasteiger charge is 2.33. The highest BCUT2D eigenvalue weighted by atomic mass is 32.2. The number of carbonyl (C=O) groups excluding carboxylic acids is 1. The van der Waals surface area contributed by atoms with Crippen LogP contribution in [0.3, 0.4) is 0 Å². The fourth-order valence-corrected chi connectivity index (χ4v) is 3.49. The van der Waals surface area contributed by atoms with Gasteiger partial charge in [-0.05, 0) is 42.5 Å². The van der Waals surface area contributed by atoms with Crippen molar-refractivity contribution in [1.29, 1.82) is 0 Å². The molecular weight excluding hydrogens is 332 g/mol. The number of hydrogen-bond donors (Lipinski definition) is 1. The molecule has 7 heteroatoms. The number of aromatic carboxylic acids is 1. The molecule has 1 N–H and O–H groups in total. The van der Waals surface area contributed by atoms with Crippen LogP contribution >= 0.6 is 24.0 Å². The summed E-state index contributed by atoms with van der Waals surface area (Å²) < 4.78 is 2.34. The van der Waals surface area contributed by atoms with Crippen molar-refractivity contribution in [2.45, 2.75) is 0 Å². The third-order valence-corrected chi connectivity index (χ3v) is 4.73. The standard InChI is InChI=1S/C16H12N2O3S2/c1-17-8-2-3-12(17)9-13-14(19)18(16(22)23-13)11-6-4-10(5-7-11)15(20)21/h2-9H,1H3,(H,20,21)/b13-9-. The largest absolute Gasteiger partial charge is 0.478 e. The Morgan fingerprint density at radius 1 is 1.26 bits per heavy atom. The smallest absolute Gasteiger partial charge is 0.335 e. The van der Waals surface area contributed by atoms with E-state index in [4.69, 9.17) is 17.3 Å². The Bertz CT molecular complexity index is 837. The van der Waals surface area contributed by atoms with Gasteiger partial charge in [0.15, 0.2) is 4.32 Å². The maximum atomic E-state index is 12.6. The molecule has 1 aromatic heterocycles. The van der Waals surface area contributed by atoms with Crippen molar-refractivity contribution in [3.8, 4) is 0 Å². The molecule has 0 atom stereocenters. The minimum atomic E-state index is -1.01. The lowest BCUT2D eigenvalue weighted by atomic mass is 10.2. The summed E-state index contributed by atoms with van der Waals surface area (Å²) in [6.45, 7) is 0. The first-order valence-electron chi connectivity index (χ1n) is 6.70. The summed E-state index contributed by atoms with van der Waals surface area (Å²) in [7, 11) is 1.90. The van der Waals surface area contributed by atoms with Crippen molar-refractivity contribution < 1.29 is 14.7 Å². The zero-order valence-corrected chi connectivity index (χ0v) is 13.7.